The fourth-order valence-electron chi connectivity index (χ4n) is 6.19. The lowest BCUT2D eigenvalue weighted by Crippen LogP contribution is -2.52. The molecule has 3 aliphatic rings. The van der Waals surface area contributed by atoms with Gasteiger partial charge in [0.05, 0.1) is 5.60 Å². The van der Waals surface area contributed by atoms with E-state index >= 15 is 0 Å². The zero-order valence-electron chi connectivity index (χ0n) is 17.6. The van der Waals surface area contributed by atoms with Crippen LogP contribution in [0.15, 0.2) is 60.7 Å². The molecule has 158 valence electrons. The van der Waals surface area contributed by atoms with Crippen molar-refractivity contribution in [3.63, 3.8) is 0 Å². The summed E-state index contributed by atoms with van der Waals surface area (Å²) in [4.78, 5) is 14.8. The van der Waals surface area contributed by atoms with Crippen molar-refractivity contribution in [3.05, 3.63) is 82.9 Å². The highest BCUT2D eigenvalue weighted by atomic mass is 16.6. The molecule has 31 heavy (non-hydrogen) atoms. The number of aliphatic hydroxyl groups is 1. The normalized spacial score (nSPS) is 26.4. The average molecular weight is 414 g/mol. The van der Waals surface area contributed by atoms with Crippen LogP contribution in [0.5, 0.6) is 0 Å². The van der Waals surface area contributed by atoms with Crippen LogP contribution in [0, 0.1) is 0 Å². The highest BCUT2D eigenvalue weighted by Crippen LogP contribution is 2.48. The third-order valence-electron chi connectivity index (χ3n) is 7.56. The van der Waals surface area contributed by atoms with Crippen LogP contribution in [-0.2, 0) is 29.8 Å². The molecule has 0 aromatic heterocycles. The predicted molar refractivity (Wildman–Crippen MR) is 120 cm³/mol. The van der Waals surface area contributed by atoms with Crippen LogP contribution in [-0.4, -0.2) is 28.2 Å². The maximum absolute atomic E-state index is 12.9. The van der Waals surface area contributed by atoms with Crippen LogP contribution >= 0.6 is 0 Å². The molecule has 6 rings (SSSR count). The van der Waals surface area contributed by atoms with Gasteiger partial charge in [-0.15, -0.1) is 0 Å². The number of carbonyl (C=O) groups excluding carboxylic acids is 1. The van der Waals surface area contributed by atoms with Gasteiger partial charge in [0.2, 0.25) is 0 Å². The SMILES string of the molecule is O=C(OCc1ccccc1)N1C2CCC1CC(O)(c1ccc3c4c(cccc14)CC3)C2. The van der Waals surface area contributed by atoms with Crippen LogP contribution in [0.3, 0.4) is 0 Å². The minimum Gasteiger partial charge on any atom is -0.445 e. The summed E-state index contributed by atoms with van der Waals surface area (Å²) >= 11 is 0. The lowest BCUT2D eigenvalue weighted by Gasteiger charge is -2.43. The second kappa shape index (κ2) is 7.10. The Morgan fingerprint density at radius 2 is 1.65 bits per heavy atom. The van der Waals surface area contributed by atoms with E-state index in [0.717, 1.165) is 36.8 Å². The summed E-state index contributed by atoms with van der Waals surface area (Å²) in [6, 6.07) is 20.7. The summed E-state index contributed by atoms with van der Waals surface area (Å²) in [5.74, 6) is 0. The molecule has 3 aromatic rings. The van der Waals surface area contributed by atoms with E-state index < -0.39 is 5.60 Å². The highest BCUT2D eigenvalue weighted by Gasteiger charge is 2.51. The topological polar surface area (TPSA) is 49.8 Å². The number of ether oxygens (including phenoxy) is 1. The summed E-state index contributed by atoms with van der Waals surface area (Å²) in [5.41, 5.74) is 3.90. The maximum atomic E-state index is 12.9. The van der Waals surface area contributed by atoms with Crippen LogP contribution in [0.4, 0.5) is 4.79 Å². The van der Waals surface area contributed by atoms with E-state index in [1.807, 2.05) is 35.2 Å². The molecule has 4 nitrogen and oxygen atoms in total. The van der Waals surface area contributed by atoms with Gasteiger partial charge in [0.25, 0.3) is 0 Å². The first-order valence-corrected chi connectivity index (χ1v) is 11.4. The molecule has 1 aliphatic carbocycles. The molecule has 1 N–H and O–H groups in total. The fourth-order valence-corrected chi connectivity index (χ4v) is 6.19. The molecule has 2 fully saturated rings. The fraction of sp³-hybridized carbons (Fsp3) is 0.370. The van der Waals surface area contributed by atoms with Gasteiger partial charge in [-0.2, -0.15) is 0 Å². The number of piperidine rings is 1. The zero-order chi connectivity index (χ0) is 21.0. The Balaban J connectivity index is 1.26. The van der Waals surface area contributed by atoms with Crippen molar-refractivity contribution in [2.24, 2.45) is 0 Å². The van der Waals surface area contributed by atoms with E-state index in [4.69, 9.17) is 4.74 Å². The Hall–Kier alpha value is -2.85. The number of aryl methyl sites for hydroxylation is 2. The zero-order valence-corrected chi connectivity index (χ0v) is 17.6. The second-order valence-corrected chi connectivity index (χ2v) is 9.38. The summed E-state index contributed by atoms with van der Waals surface area (Å²) < 4.78 is 5.64. The first-order valence-electron chi connectivity index (χ1n) is 11.4. The minimum absolute atomic E-state index is 0.0232. The van der Waals surface area contributed by atoms with Gasteiger partial charge in [0.15, 0.2) is 0 Å². The highest BCUT2D eigenvalue weighted by molar-refractivity contribution is 5.93. The van der Waals surface area contributed by atoms with Gasteiger partial charge in [0.1, 0.15) is 6.61 Å². The average Bonchev–Trinajstić information content (AvgIpc) is 3.33. The van der Waals surface area contributed by atoms with E-state index in [1.165, 1.54) is 21.9 Å². The molecule has 0 radical (unpaired) electrons. The van der Waals surface area contributed by atoms with Gasteiger partial charge >= 0.3 is 6.09 Å². The van der Waals surface area contributed by atoms with Gasteiger partial charge in [-0.3, -0.25) is 0 Å². The number of nitrogens with zero attached hydrogens (tertiary/aromatic N) is 1. The van der Waals surface area contributed by atoms with Crippen molar-refractivity contribution < 1.29 is 14.6 Å². The van der Waals surface area contributed by atoms with Crippen molar-refractivity contribution in [1.29, 1.82) is 0 Å². The van der Waals surface area contributed by atoms with Gasteiger partial charge in [0, 0.05) is 24.9 Å². The van der Waals surface area contributed by atoms with Crippen LogP contribution in [0.25, 0.3) is 10.8 Å². The third-order valence-corrected chi connectivity index (χ3v) is 7.56. The largest absolute Gasteiger partial charge is 0.445 e. The first-order chi connectivity index (χ1) is 15.1. The lowest BCUT2D eigenvalue weighted by atomic mass is 9.78. The van der Waals surface area contributed by atoms with Crippen molar-refractivity contribution in [3.8, 4) is 0 Å². The Bertz CT molecular complexity index is 1130. The molecule has 0 saturated carbocycles. The summed E-state index contributed by atoms with van der Waals surface area (Å²) in [6.45, 7) is 0.286. The van der Waals surface area contributed by atoms with Crippen molar-refractivity contribution in [2.45, 2.75) is 62.8 Å². The predicted octanol–water partition coefficient (Wildman–Crippen LogP) is 5.09. The molecular formula is C27H27NO3. The number of amides is 1. The molecule has 1 amide bonds. The molecule has 2 aliphatic heterocycles. The van der Waals surface area contributed by atoms with E-state index in [9.17, 15) is 9.90 Å². The Morgan fingerprint density at radius 3 is 2.39 bits per heavy atom. The van der Waals surface area contributed by atoms with Crippen LogP contribution < -0.4 is 0 Å². The number of rotatable bonds is 3. The summed E-state index contributed by atoms with van der Waals surface area (Å²) in [7, 11) is 0. The standard InChI is InChI=1S/C27H27NO3/c29-26(31-17-18-5-2-1-3-6-18)28-21-12-13-22(28)16-27(30,15-21)24-14-11-20-10-9-19-7-4-8-23(24)25(19)20/h1-8,11,14,21-22,30H,9-10,12-13,15-17H2. The quantitative estimate of drug-likeness (QED) is 0.651. The third kappa shape index (κ3) is 3.04. The Morgan fingerprint density at radius 1 is 0.935 bits per heavy atom. The van der Waals surface area contributed by atoms with Gasteiger partial charge in [-0.1, -0.05) is 60.7 Å². The molecular weight excluding hydrogens is 386 g/mol. The van der Waals surface area contributed by atoms with E-state index in [1.54, 1.807) is 0 Å². The maximum Gasteiger partial charge on any atom is 0.410 e. The number of carbonyl (C=O) groups is 1. The lowest BCUT2D eigenvalue weighted by molar-refractivity contribution is -0.0527. The summed E-state index contributed by atoms with van der Waals surface area (Å²) in [6.07, 6.45) is 4.91. The van der Waals surface area contributed by atoms with Crippen molar-refractivity contribution in [2.75, 3.05) is 0 Å². The molecule has 2 saturated heterocycles. The second-order valence-electron chi connectivity index (χ2n) is 9.38. The Kier molecular flexibility index (Phi) is 4.32. The molecule has 2 heterocycles. The van der Waals surface area contributed by atoms with Crippen molar-refractivity contribution in [1.82, 2.24) is 4.90 Å². The number of fused-ring (bicyclic) bond motifs is 2. The smallest absolute Gasteiger partial charge is 0.410 e. The van der Waals surface area contributed by atoms with E-state index in [0.29, 0.717) is 12.8 Å². The summed E-state index contributed by atoms with van der Waals surface area (Å²) in [5, 5.41) is 14.4. The van der Waals surface area contributed by atoms with Gasteiger partial charge in [-0.05, 0) is 58.7 Å². The minimum atomic E-state index is -0.901. The van der Waals surface area contributed by atoms with E-state index in [2.05, 4.69) is 30.3 Å². The van der Waals surface area contributed by atoms with Gasteiger partial charge < -0.3 is 14.7 Å². The molecule has 4 heteroatoms. The number of hydrogen-bond acceptors (Lipinski definition) is 3. The van der Waals surface area contributed by atoms with Gasteiger partial charge in [-0.25, -0.2) is 4.79 Å². The van der Waals surface area contributed by atoms with Crippen molar-refractivity contribution >= 4 is 16.9 Å². The van der Waals surface area contributed by atoms with Crippen LogP contribution in [0.2, 0.25) is 0 Å². The number of benzene rings is 3. The first kappa shape index (κ1) is 18.9. The molecule has 0 spiro atoms. The van der Waals surface area contributed by atoms with Crippen LogP contribution in [0.1, 0.15) is 47.9 Å². The molecule has 2 bridgehead atoms. The Labute approximate surface area is 182 Å². The molecule has 3 aromatic carbocycles. The number of hydrogen-bond donors (Lipinski definition) is 1. The van der Waals surface area contributed by atoms with E-state index in [-0.39, 0.29) is 24.8 Å². The monoisotopic (exact) mass is 413 g/mol. The molecule has 2 atom stereocenters. The molecule has 2 unspecified atom stereocenters.